The fraction of sp³-hybridized carbons (Fsp3) is 0.571. The molecule has 0 amide bonds. The molecule has 8 rings (SSSR count). The zero-order valence-electron chi connectivity index (χ0n) is 18.0. The summed E-state index contributed by atoms with van der Waals surface area (Å²) in [6.07, 6.45) is 9.09. The van der Waals surface area contributed by atoms with Crippen LogP contribution in [0.25, 0.3) is 0 Å². The largest absolute Gasteiger partial charge is 0.337 e. The van der Waals surface area contributed by atoms with Crippen LogP contribution in [0, 0.1) is 29.6 Å². The van der Waals surface area contributed by atoms with Gasteiger partial charge in [0.15, 0.2) is 0 Å². The maximum Gasteiger partial charge on any atom is 0.0450 e. The van der Waals surface area contributed by atoms with Gasteiger partial charge in [0.2, 0.25) is 0 Å². The first-order valence-corrected chi connectivity index (χ1v) is 12.5. The second-order valence-electron chi connectivity index (χ2n) is 11.1. The number of anilines is 2. The van der Waals surface area contributed by atoms with Crippen LogP contribution in [0.15, 0.2) is 54.6 Å². The number of rotatable bonds is 3. The van der Waals surface area contributed by atoms with Crippen molar-refractivity contribution in [2.75, 3.05) is 24.5 Å². The number of likely N-dealkylation sites (tertiary alicyclic amines) is 1. The molecule has 0 spiro atoms. The van der Waals surface area contributed by atoms with Gasteiger partial charge in [0.25, 0.3) is 0 Å². The van der Waals surface area contributed by atoms with Crippen LogP contribution >= 0.6 is 0 Å². The minimum Gasteiger partial charge on any atom is -0.337 e. The second-order valence-corrected chi connectivity index (χ2v) is 11.1. The average molecular weight is 399 g/mol. The molecule has 2 atom stereocenters. The number of hydrogen-bond donors (Lipinski definition) is 0. The van der Waals surface area contributed by atoms with Crippen molar-refractivity contribution in [3.05, 3.63) is 60.2 Å². The lowest BCUT2D eigenvalue weighted by Crippen LogP contribution is -2.52. The van der Waals surface area contributed by atoms with E-state index in [0.717, 1.165) is 29.6 Å². The summed E-state index contributed by atoms with van der Waals surface area (Å²) < 4.78 is 0. The van der Waals surface area contributed by atoms with Gasteiger partial charge in [0, 0.05) is 43.0 Å². The van der Waals surface area contributed by atoms with Gasteiger partial charge in [-0.05, 0) is 91.9 Å². The predicted octanol–water partition coefficient (Wildman–Crippen LogP) is 6.07. The molecule has 4 saturated carbocycles. The molecule has 4 bridgehead atoms. The van der Waals surface area contributed by atoms with Crippen molar-refractivity contribution in [1.82, 2.24) is 4.90 Å². The summed E-state index contributed by atoms with van der Waals surface area (Å²) in [5.74, 6) is 5.95. The topological polar surface area (TPSA) is 6.48 Å². The van der Waals surface area contributed by atoms with Crippen molar-refractivity contribution >= 4 is 11.4 Å². The van der Waals surface area contributed by atoms with Gasteiger partial charge in [-0.3, -0.25) is 0 Å². The summed E-state index contributed by atoms with van der Waals surface area (Å²) in [5, 5.41) is 0. The van der Waals surface area contributed by atoms with Gasteiger partial charge in [0.1, 0.15) is 0 Å². The molecule has 2 aromatic carbocycles. The van der Waals surface area contributed by atoms with Crippen molar-refractivity contribution < 1.29 is 0 Å². The molecular weight excluding hydrogens is 364 g/mol. The molecule has 2 heteroatoms. The summed E-state index contributed by atoms with van der Waals surface area (Å²) in [4.78, 5) is 5.53. The Morgan fingerprint density at radius 2 is 1.47 bits per heavy atom. The highest BCUT2D eigenvalue weighted by Crippen LogP contribution is 2.57. The van der Waals surface area contributed by atoms with Crippen LogP contribution in [-0.2, 0) is 0 Å². The molecule has 4 aliphatic carbocycles. The molecule has 156 valence electrons. The Balaban J connectivity index is 1.14. The molecule has 2 heterocycles. The Labute approximate surface area is 181 Å². The first-order valence-electron chi connectivity index (χ1n) is 12.5. The number of hydrogen-bond acceptors (Lipinski definition) is 2. The maximum absolute atomic E-state index is 2.87. The van der Waals surface area contributed by atoms with E-state index in [1.165, 1.54) is 37.4 Å². The van der Waals surface area contributed by atoms with E-state index in [1.807, 2.05) is 0 Å². The zero-order valence-corrected chi connectivity index (χ0v) is 18.0. The van der Waals surface area contributed by atoms with E-state index in [2.05, 4.69) is 64.4 Å². The molecule has 5 fully saturated rings. The molecule has 1 saturated heterocycles. The first kappa shape index (κ1) is 17.8. The van der Waals surface area contributed by atoms with E-state index >= 15 is 0 Å². The molecule has 0 N–H and O–H groups in total. The Hall–Kier alpha value is -1.80. The summed E-state index contributed by atoms with van der Waals surface area (Å²) >= 11 is 0. The Kier molecular flexibility index (Phi) is 4.07. The SMILES string of the molecule is c1ccc(N2c3ccccc3[C@H]3CN(CC4C5CC6CC(C5)CC4C6)CC[C@@H]32)cc1. The van der Waals surface area contributed by atoms with E-state index in [9.17, 15) is 0 Å². The van der Waals surface area contributed by atoms with Crippen LogP contribution in [0.4, 0.5) is 11.4 Å². The van der Waals surface area contributed by atoms with Gasteiger partial charge in [0.05, 0.1) is 0 Å². The number of para-hydroxylation sites is 2. The number of nitrogens with zero attached hydrogens (tertiary/aromatic N) is 2. The van der Waals surface area contributed by atoms with Gasteiger partial charge in [-0.15, -0.1) is 0 Å². The molecule has 6 aliphatic rings. The maximum atomic E-state index is 2.87. The number of benzene rings is 2. The highest BCUT2D eigenvalue weighted by molar-refractivity contribution is 5.72. The lowest BCUT2D eigenvalue weighted by molar-refractivity contribution is -0.0515. The molecule has 2 aromatic rings. The molecule has 2 aliphatic heterocycles. The fourth-order valence-corrected chi connectivity index (χ4v) is 8.54. The lowest BCUT2D eigenvalue weighted by atomic mass is 9.52. The number of fused-ring (bicyclic) bond motifs is 3. The minimum absolute atomic E-state index is 0.625. The standard InChI is InChI=1S/C28H34N2/c1-2-6-23(7-3-1)30-27-9-5-4-8-24(27)26-18-29(11-10-28(26)30)17-25-21-13-19-12-20(15-21)16-22(25)14-19/h1-9,19-22,25-26,28H,10-18H2/t19?,20?,21?,22?,25?,26-,28+/m1/s1. The monoisotopic (exact) mass is 398 g/mol. The fourth-order valence-electron chi connectivity index (χ4n) is 8.54. The highest BCUT2D eigenvalue weighted by Gasteiger charge is 2.49. The third-order valence-corrected chi connectivity index (χ3v) is 9.51. The summed E-state index contributed by atoms with van der Waals surface area (Å²) in [5.41, 5.74) is 4.41. The van der Waals surface area contributed by atoms with Crippen molar-refractivity contribution in [2.24, 2.45) is 29.6 Å². The normalized spacial score (nSPS) is 39.2. The molecule has 0 aromatic heterocycles. The van der Waals surface area contributed by atoms with Crippen LogP contribution in [0.1, 0.15) is 50.0 Å². The first-order chi connectivity index (χ1) is 14.8. The van der Waals surface area contributed by atoms with Gasteiger partial charge in [-0.1, -0.05) is 36.4 Å². The number of piperidine rings is 1. The van der Waals surface area contributed by atoms with Crippen molar-refractivity contribution in [3.63, 3.8) is 0 Å². The van der Waals surface area contributed by atoms with E-state index in [1.54, 1.807) is 37.7 Å². The second kappa shape index (κ2) is 6.85. The van der Waals surface area contributed by atoms with Gasteiger partial charge < -0.3 is 9.80 Å². The molecule has 30 heavy (non-hydrogen) atoms. The molecule has 2 nitrogen and oxygen atoms in total. The summed E-state index contributed by atoms with van der Waals surface area (Å²) in [6, 6.07) is 20.9. The van der Waals surface area contributed by atoms with Crippen molar-refractivity contribution in [2.45, 2.75) is 50.5 Å². The van der Waals surface area contributed by atoms with E-state index in [4.69, 9.17) is 0 Å². The summed E-state index contributed by atoms with van der Waals surface area (Å²) in [7, 11) is 0. The minimum atomic E-state index is 0.625. The molecular formula is C28H34N2. The smallest absolute Gasteiger partial charge is 0.0450 e. The van der Waals surface area contributed by atoms with Crippen LogP contribution in [0.5, 0.6) is 0 Å². The molecule has 0 unspecified atom stereocenters. The van der Waals surface area contributed by atoms with Crippen LogP contribution in [0.2, 0.25) is 0 Å². The van der Waals surface area contributed by atoms with E-state index < -0.39 is 0 Å². The Morgan fingerprint density at radius 1 is 0.767 bits per heavy atom. The van der Waals surface area contributed by atoms with Gasteiger partial charge in [-0.2, -0.15) is 0 Å². The van der Waals surface area contributed by atoms with Crippen LogP contribution < -0.4 is 4.90 Å². The van der Waals surface area contributed by atoms with Crippen molar-refractivity contribution in [1.29, 1.82) is 0 Å². The predicted molar refractivity (Wildman–Crippen MR) is 123 cm³/mol. The van der Waals surface area contributed by atoms with E-state index in [0.29, 0.717) is 12.0 Å². The molecule has 0 radical (unpaired) electrons. The van der Waals surface area contributed by atoms with E-state index in [-0.39, 0.29) is 0 Å². The zero-order chi connectivity index (χ0) is 19.7. The van der Waals surface area contributed by atoms with Gasteiger partial charge in [-0.25, -0.2) is 0 Å². The lowest BCUT2D eigenvalue weighted by Gasteiger charge is -2.55. The highest BCUT2D eigenvalue weighted by atomic mass is 15.2. The average Bonchev–Trinajstić information content (AvgIpc) is 3.10. The van der Waals surface area contributed by atoms with Crippen LogP contribution in [0.3, 0.4) is 0 Å². The van der Waals surface area contributed by atoms with Gasteiger partial charge >= 0.3 is 0 Å². The third kappa shape index (κ3) is 2.72. The Bertz CT molecular complexity index is 893. The quantitative estimate of drug-likeness (QED) is 0.619. The summed E-state index contributed by atoms with van der Waals surface area (Å²) in [6.45, 7) is 3.92. The van der Waals surface area contributed by atoms with Crippen molar-refractivity contribution in [3.8, 4) is 0 Å². The Morgan fingerprint density at radius 3 is 2.23 bits per heavy atom. The van der Waals surface area contributed by atoms with Crippen LogP contribution in [-0.4, -0.2) is 30.6 Å². The third-order valence-electron chi connectivity index (χ3n) is 9.51.